The number of para-hydroxylation sites is 1. The summed E-state index contributed by atoms with van der Waals surface area (Å²) in [5.74, 6) is 0.223. The van der Waals surface area contributed by atoms with Crippen molar-refractivity contribution in [1.82, 2.24) is 4.90 Å². The van der Waals surface area contributed by atoms with Gasteiger partial charge in [-0.15, -0.1) is 0 Å². The third kappa shape index (κ3) is 4.01. The van der Waals surface area contributed by atoms with Crippen LogP contribution in [0.4, 0.5) is 8.78 Å². The van der Waals surface area contributed by atoms with Crippen molar-refractivity contribution < 1.29 is 23.0 Å². The van der Waals surface area contributed by atoms with Gasteiger partial charge in [-0.05, 0) is 31.3 Å². The number of benzene rings is 2. The number of rotatable bonds is 6. The summed E-state index contributed by atoms with van der Waals surface area (Å²) in [5.41, 5.74) is 1.48. The van der Waals surface area contributed by atoms with Gasteiger partial charge in [0.2, 0.25) is 0 Å². The topological polar surface area (TPSA) is 30.9 Å². The maximum atomic E-state index is 13.7. The van der Waals surface area contributed by atoms with E-state index < -0.39 is 0 Å². The fourth-order valence-corrected chi connectivity index (χ4v) is 2.62. The zero-order valence-corrected chi connectivity index (χ0v) is 13.4. The number of fused-ring (bicyclic) bond motifs is 1. The van der Waals surface area contributed by atoms with Gasteiger partial charge in [0.25, 0.3) is 0 Å². The van der Waals surface area contributed by atoms with E-state index in [2.05, 4.69) is 0 Å². The molecule has 0 unspecified atom stereocenters. The first-order valence-electron chi connectivity index (χ1n) is 7.71. The summed E-state index contributed by atoms with van der Waals surface area (Å²) in [6, 6.07) is 9.19. The van der Waals surface area contributed by atoms with Gasteiger partial charge in [-0.25, -0.2) is 8.78 Å². The summed E-state index contributed by atoms with van der Waals surface area (Å²) in [4.78, 5) is 1.97. The second-order valence-electron chi connectivity index (χ2n) is 5.68. The smallest absolute Gasteiger partial charge is 0.189 e. The highest BCUT2D eigenvalue weighted by atomic mass is 19.1. The molecule has 0 atom stereocenters. The number of halogens is 2. The number of hydrogen-bond acceptors (Lipinski definition) is 4. The van der Waals surface area contributed by atoms with E-state index >= 15 is 0 Å². The van der Waals surface area contributed by atoms with Crippen molar-refractivity contribution in [2.24, 2.45) is 0 Å². The Kier molecular flexibility index (Phi) is 5.27. The van der Waals surface area contributed by atoms with E-state index in [-0.39, 0.29) is 24.2 Å². The van der Waals surface area contributed by atoms with Crippen LogP contribution >= 0.6 is 0 Å². The van der Waals surface area contributed by atoms with Crippen LogP contribution in [-0.2, 0) is 17.9 Å². The summed E-state index contributed by atoms with van der Waals surface area (Å²) in [7, 11) is 1.89. The highest BCUT2D eigenvalue weighted by Gasteiger charge is 2.18. The third-order valence-electron chi connectivity index (χ3n) is 3.76. The van der Waals surface area contributed by atoms with Gasteiger partial charge in [0.05, 0.1) is 6.61 Å². The maximum Gasteiger partial charge on any atom is 0.189 e. The average Bonchev–Trinajstić information content (AvgIpc) is 2.56. The molecular weight excluding hydrogens is 316 g/mol. The molecule has 1 heterocycles. The van der Waals surface area contributed by atoms with Crippen LogP contribution in [0.15, 0.2) is 36.4 Å². The van der Waals surface area contributed by atoms with Gasteiger partial charge in [0.15, 0.2) is 18.4 Å². The summed E-state index contributed by atoms with van der Waals surface area (Å²) >= 11 is 0. The van der Waals surface area contributed by atoms with Crippen LogP contribution in [0.3, 0.4) is 0 Å². The summed E-state index contributed by atoms with van der Waals surface area (Å²) in [6.45, 7) is 1.92. The van der Waals surface area contributed by atoms with Gasteiger partial charge >= 0.3 is 0 Å². The summed E-state index contributed by atoms with van der Waals surface area (Å²) in [6.07, 6.45) is 0. The molecule has 0 fully saturated rings. The normalized spacial score (nSPS) is 13.5. The molecule has 6 heteroatoms. The van der Waals surface area contributed by atoms with Crippen molar-refractivity contribution in [3.63, 3.8) is 0 Å². The number of likely N-dealkylation sites (N-methyl/N-ethyl adjacent to an activating group) is 1. The number of ether oxygens (including phenoxy) is 3. The van der Waals surface area contributed by atoms with Gasteiger partial charge in [0.1, 0.15) is 18.2 Å². The SMILES string of the molecule is CN(CCOc1ccccc1F)Cc1cc(F)cc2c1OCOC2. The lowest BCUT2D eigenvalue weighted by Gasteiger charge is -2.23. The Morgan fingerprint density at radius 2 is 2.04 bits per heavy atom. The van der Waals surface area contributed by atoms with Gasteiger partial charge < -0.3 is 14.2 Å². The highest BCUT2D eigenvalue weighted by molar-refractivity contribution is 5.42. The Labute approximate surface area is 139 Å². The van der Waals surface area contributed by atoms with Gasteiger partial charge in [-0.2, -0.15) is 0 Å². The molecule has 0 radical (unpaired) electrons. The molecule has 0 saturated carbocycles. The lowest BCUT2D eigenvalue weighted by Crippen LogP contribution is -2.25. The lowest BCUT2D eigenvalue weighted by atomic mass is 10.1. The molecule has 4 nitrogen and oxygen atoms in total. The van der Waals surface area contributed by atoms with Gasteiger partial charge in [0, 0.05) is 24.2 Å². The van der Waals surface area contributed by atoms with Crippen molar-refractivity contribution in [2.45, 2.75) is 13.2 Å². The maximum absolute atomic E-state index is 13.7. The predicted molar refractivity (Wildman–Crippen MR) is 84.9 cm³/mol. The van der Waals surface area contributed by atoms with Crippen LogP contribution in [0.2, 0.25) is 0 Å². The van der Waals surface area contributed by atoms with Crippen LogP contribution in [0.1, 0.15) is 11.1 Å². The first-order chi connectivity index (χ1) is 11.6. The van der Waals surface area contributed by atoms with Crippen molar-refractivity contribution in [2.75, 3.05) is 27.0 Å². The zero-order chi connectivity index (χ0) is 16.9. The molecule has 128 valence electrons. The third-order valence-corrected chi connectivity index (χ3v) is 3.76. The summed E-state index contributed by atoms with van der Waals surface area (Å²) in [5, 5.41) is 0. The molecule has 1 aliphatic heterocycles. The molecule has 2 aromatic rings. The Morgan fingerprint density at radius 1 is 1.21 bits per heavy atom. The van der Waals surface area contributed by atoms with Crippen molar-refractivity contribution >= 4 is 0 Å². The molecule has 0 aliphatic carbocycles. The van der Waals surface area contributed by atoms with E-state index in [4.69, 9.17) is 14.2 Å². The van der Waals surface area contributed by atoms with Gasteiger partial charge in [-0.3, -0.25) is 4.90 Å². The average molecular weight is 335 g/mol. The molecular formula is C18H19F2NO3. The second kappa shape index (κ2) is 7.59. The van der Waals surface area contributed by atoms with Crippen molar-refractivity contribution in [1.29, 1.82) is 0 Å². The monoisotopic (exact) mass is 335 g/mol. The minimum absolute atomic E-state index is 0.172. The summed E-state index contributed by atoms with van der Waals surface area (Å²) < 4.78 is 43.3. The molecule has 24 heavy (non-hydrogen) atoms. The van der Waals surface area contributed by atoms with E-state index in [9.17, 15) is 8.78 Å². The molecule has 1 aliphatic rings. The quantitative estimate of drug-likeness (QED) is 0.810. The van der Waals surface area contributed by atoms with E-state index in [1.807, 2.05) is 11.9 Å². The number of hydrogen-bond donors (Lipinski definition) is 0. The Morgan fingerprint density at radius 3 is 2.88 bits per heavy atom. The second-order valence-corrected chi connectivity index (χ2v) is 5.68. The van der Waals surface area contributed by atoms with E-state index in [0.717, 1.165) is 5.56 Å². The molecule has 0 N–H and O–H groups in total. The minimum Gasteiger partial charge on any atom is -0.489 e. The van der Waals surface area contributed by atoms with Crippen LogP contribution in [-0.4, -0.2) is 31.9 Å². The van der Waals surface area contributed by atoms with Crippen LogP contribution in [0.5, 0.6) is 11.5 Å². The van der Waals surface area contributed by atoms with Crippen LogP contribution in [0.25, 0.3) is 0 Å². The Hall–Kier alpha value is -2.18. The largest absolute Gasteiger partial charge is 0.489 e. The first kappa shape index (κ1) is 16.7. The molecule has 2 aromatic carbocycles. The zero-order valence-electron chi connectivity index (χ0n) is 13.4. The van der Waals surface area contributed by atoms with Crippen LogP contribution in [0, 0.1) is 11.6 Å². The van der Waals surface area contributed by atoms with E-state index in [0.29, 0.717) is 37.6 Å². The molecule has 0 spiro atoms. The minimum atomic E-state index is -0.382. The van der Waals surface area contributed by atoms with Crippen molar-refractivity contribution in [3.05, 3.63) is 59.2 Å². The molecule has 0 bridgehead atoms. The number of nitrogens with zero attached hydrogens (tertiary/aromatic N) is 1. The molecule has 0 saturated heterocycles. The molecule has 0 amide bonds. The standard InChI is InChI=1S/C18H19F2NO3/c1-21(6-7-23-17-5-3-2-4-16(17)20)10-13-8-15(19)9-14-11-22-12-24-18(13)14/h2-5,8-9H,6-7,10-12H2,1H3. The first-order valence-corrected chi connectivity index (χ1v) is 7.71. The Bertz CT molecular complexity index is 709. The molecule has 3 rings (SSSR count). The highest BCUT2D eigenvalue weighted by Crippen LogP contribution is 2.30. The Balaban J connectivity index is 1.58. The fraction of sp³-hybridized carbons (Fsp3) is 0.333. The lowest BCUT2D eigenvalue weighted by molar-refractivity contribution is -0.0176. The van der Waals surface area contributed by atoms with Crippen LogP contribution < -0.4 is 9.47 Å². The van der Waals surface area contributed by atoms with Gasteiger partial charge in [-0.1, -0.05) is 12.1 Å². The van der Waals surface area contributed by atoms with Crippen molar-refractivity contribution in [3.8, 4) is 11.5 Å². The predicted octanol–water partition coefficient (Wildman–Crippen LogP) is 3.34. The molecule has 0 aromatic heterocycles. The fourth-order valence-electron chi connectivity index (χ4n) is 2.62. The van der Waals surface area contributed by atoms with E-state index in [1.54, 1.807) is 18.2 Å². The van der Waals surface area contributed by atoms with E-state index in [1.165, 1.54) is 18.2 Å².